The monoisotopic (exact) mass is 569 g/mol. The summed E-state index contributed by atoms with van der Waals surface area (Å²) in [6, 6.07) is 20.3. The molecule has 9 nitrogen and oxygen atoms in total. The number of carbonyl (C=O) groups excluding carboxylic acids is 3. The van der Waals surface area contributed by atoms with Gasteiger partial charge in [-0.25, -0.2) is 0 Å². The first-order valence-corrected chi connectivity index (χ1v) is 14.5. The molecule has 4 bridgehead atoms. The van der Waals surface area contributed by atoms with Gasteiger partial charge in [0.2, 0.25) is 11.8 Å². The fourth-order valence-corrected chi connectivity index (χ4v) is 5.86. The van der Waals surface area contributed by atoms with Gasteiger partial charge in [-0.05, 0) is 78.9 Å². The van der Waals surface area contributed by atoms with Crippen molar-refractivity contribution < 1.29 is 28.6 Å². The maximum atomic E-state index is 13.5. The number of nitrogens with zero attached hydrogens (tertiary/aromatic N) is 2. The van der Waals surface area contributed by atoms with Crippen molar-refractivity contribution in [2.24, 2.45) is 0 Å². The second-order valence-corrected chi connectivity index (χ2v) is 11.0. The van der Waals surface area contributed by atoms with E-state index in [0.29, 0.717) is 68.3 Å². The number of benzene rings is 3. The summed E-state index contributed by atoms with van der Waals surface area (Å²) in [6.45, 7) is 1.91. The smallest absolute Gasteiger partial charge is 0.253 e. The normalized spacial score (nSPS) is 21.0. The summed E-state index contributed by atoms with van der Waals surface area (Å²) in [5.74, 6) is 1.79. The SMILES string of the molecule is COc1ccc2cc1Oc1cccc(c1)CO[C@H]1CCN(C(=O)c3ccc(N4CCCC4=O)cc3)C[C@H]1NC(=O)CC2. The molecule has 2 fully saturated rings. The van der Waals surface area contributed by atoms with Crippen molar-refractivity contribution in [3.8, 4) is 17.2 Å². The molecule has 3 aromatic rings. The maximum absolute atomic E-state index is 13.5. The molecule has 1 N–H and O–H groups in total. The van der Waals surface area contributed by atoms with E-state index in [2.05, 4.69) is 5.32 Å². The summed E-state index contributed by atoms with van der Waals surface area (Å²) >= 11 is 0. The van der Waals surface area contributed by atoms with Gasteiger partial charge in [0.25, 0.3) is 5.91 Å². The topological polar surface area (TPSA) is 97.4 Å². The summed E-state index contributed by atoms with van der Waals surface area (Å²) in [7, 11) is 1.60. The molecule has 42 heavy (non-hydrogen) atoms. The van der Waals surface area contributed by atoms with Crippen molar-refractivity contribution in [2.75, 3.05) is 31.6 Å². The highest BCUT2D eigenvalue weighted by atomic mass is 16.5. The molecule has 3 aliphatic heterocycles. The molecule has 0 aliphatic carbocycles. The minimum atomic E-state index is -0.354. The van der Waals surface area contributed by atoms with Crippen molar-refractivity contribution in [1.29, 1.82) is 0 Å². The number of methoxy groups -OCH3 is 1. The first-order chi connectivity index (χ1) is 20.5. The van der Waals surface area contributed by atoms with Gasteiger partial charge >= 0.3 is 0 Å². The fourth-order valence-electron chi connectivity index (χ4n) is 5.86. The van der Waals surface area contributed by atoms with E-state index in [1.165, 1.54) is 0 Å². The van der Waals surface area contributed by atoms with Crippen molar-refractivity contribution in [1.82, 2.24) is 10.2 Å². The average Bonchev–Trinajstić information content (AvgIpc) is 3.44. The second-order valence-electron chi connectivity index (χ2n) is 11.0. The number of aryl methyl sites for hydroxylation is 1. The van der Waals surface area contributed by atoms with Crippen LogP contribution in [0.25, 0.3) is 0 Å². The van der Waals surface area contributed by atoms with E-state index in [-0.39, 0.29) is 36.3 Å². The standard InChI is InChI=1S/C33H35N3O6/c1-40-29-13-7-22-8-14-31(37)34-27-20-35(33(39)24-9-11-25(12-10-24)36-16-3-6-32(36)38)17-15-28(27)41-21-23-4-2-5-26(18-23)42-30(29)19-22/h2,4-5,7,9-13,18-19,27-28H,3,6,8,14-17,20-21H2,1H3,(H,34,37)/t27-,28+/m1/s1. The lowest BCUT2D eigenvalue weighted by Crippen LogP contribution is -2.57. The number of amides is 3. The summed E-state index contributed by atoms with van der Waals surface area (Å²) in [5.41, 5.74) is 3.27. The van der Waals surface area contributed by atoms with Gasteiger partial charge in [0.15, 0.2) is 11.5 Å². The third-order valence-corrected chi connectivity index (χ3v) is 8.14. The van der Waals surface area contributed by atoms with Crippen LogP contribution >= 0.6 is 0 Å². The van der Waals surface area contributed by atoms with Crippen LogP contribution in [0.15, 0.2) is 66.7 Å². The quantitative estimate of drug-likeness (QED) is 0.500. The first-order valence-electron chi connectivity index (χ1n) is 14.5. The van der Waals surface area contributed by atoms with Crippen LogP contribution in [0.3, 0.4) is 0 Å². The summed E-state index contributed by atoms with van der Waals surface area (Å²) in [6.07, 6.45) is 2.56. The Balaban J connectivity index is 1.19. The number of fused-ring (bicyclic) bond motifs is 5. The Morgan fingerprint density at radius 1 is 0.952 bits per heavy atom. The third-order valence-electron chi connectivity index (χ3n) is 8.14. The lowest BCUT2D eigenvalue weighted by atomic mass is 10.00. The highest BCUT2D eigenvalue weighted by Crippen LogP contribution is 2.33. The average molecular weight is 570 g/mol. The van der Waals surface area contributed by atoms with E-state index in [9.17, 15) is 14.4 Å². The van der Waals surface area contributed by atoms with Crippen molar-refractivity contribution in [3.63, 3.8) is 0 Å². The van der Waals surface area contributed by atoms with Gasteiger partial charge in [-0.3, -0.25) is 14.4 Å². The van der Waals surface area contributed by atoms with Gasteiger partial charge in [-0.2, -0.15) is 0 Å². The predicted molar refractivity (Wildman–Crippen MR) is 157 cm³/mol. The molecule has 9 heteroatoms. The molecule has 0 saturated carbocycles. The summed E-state index contributed by atoms with van der Waals surface area (Å²) < 4.78 is 18.0. The third kappa shape index (κ3) is 6.11. The van der Waals surface area contributed by atoms with E-state index < -0.39 is 0 Å². The van der Waals surface area contributed by atoms with E-state index in [1.54, 1.807) is 29.0 Å². The Bertz CT molecular complexity index is 1470. The molecule has 0 aromatic heterocycles. The van der Waals surface area contributed by atoms with E-state index in [1.807, 2.05) is 54.6 Å². The molecule has 3 aliphatic rings. The van der Waals surface area contributed by atoms with Gasteiger partial charge in [0.05, 0.1) is 25.9 Å². The molecule has 0 radical (unpaired) electrons. The van der Waals surface area contributed by atoms with Crippen LogP contribution in [0.5, 0.6) is 17.2 Å². The van der Waals surface area contributed by atoms with E-state index in [4.69, 9.17) is 14.2 Å². The number of hydrogen-bond donors (Lipinski definition) is 1. The predicted octanol–water partition coefficient (Wildman–Crippen LogP) is 4.48. The highest BCUT2D eigenvalue weighted by Gasteiger charge is 2.34. The molecular formula is C33H35N3O6. The second kappa shape index (κ2) is 12.2. The first kappa shape index (κ1) is 27.8. The van der Waals surface area contributed by atoms with Crippen LogP contribution in [0, 0.1) is 0 Å². The highest BCUT2D eigenvalue weighted by molar-refractivity contribution is 5.97. The lowest BCUT2D eigenvalue weighted by molar-refractivity contribution is -0.124. The molecule has 3 heterocycles. The minimum Gasteiger partial charge on any atom is -0.493 e. The van der Waals surface area contributed by atoms with Crippen molar-refractivity contribution >= 4 is 23.4 Å². The summed E-state index contributed by atoms with van der Waals surface area (Å²) in [5, 5.41) is 3.16. The van der Waals surface area contributed by atoms with Gasteiger partial charge in [-0.15, -0.1) is 0 Å². The number of nitrogens with one attached hydrogen (secondary N) is 1. The molecule has 0 unspecified atom stereocenters. The number of carbonyl (C=O) groups is 3. The number of likely N-dealkylation sites (tertiary alicyclic amines) is 1. The Morgan fingerprint density at radius 3 is 2.60 bits per heavy atom. The molecular weight excluding hydrogens is 534 g/mol. The van der Waals surface area contributed by atoms with Crippen LogP contribution in [-0.2, 0) is 27.4 Å². The van der Waals surface area contributed by atoms with Crippen molar-refractivity contribution in [2.45, 2.75) is 50.9 Å². The van der Waals surface area contributed by atoms with E-state index >= 15 is 0 Å². The molecule has 3 amide bonds. The van der Waals surface area contributed by atoms with Crippen LogP contribution in [0.2, 0.25) is 0 Å². The Labute approximate surface area is 245 Å². The molecule has 2 saturated heterocycles. The van der Waals surface area contributed by atoms with Crippen LogP contribution < -0.4 is 19.7 Å². The van der Waals surface area contributed by atoms with Gasteiger partial charge < -0.3 is 29.3 Å². The molecule has 0 spiro atoms. The zero-order valence-electron chi connectivity index (χ0n) is 23.7. The number of piperidine rings is 1. The van der Waals surface area contributed by atoms with Crippen LogP contribution in [0.4, 0.5) is 5.69 Å². The molecule has 218 valence electrons. The van der Waals surface area contributed by atoms with Gasteiger partial charge in [0, 0.05) is 43.7 Å². The number of ether oxygens (including phenoxy) is 3. The maximum Gasteiger partial charge on any atom is 0.253 e. The number of anilines is 1. The Kier molecular flexibility index (Phi) is 8.10. The fraction of sp³-hybridized carbons (Fsp3) is 0.364. The van der Waals surface area contributed by atoms with Gasteiger partial charge in [0.1, 0.15) is 5.75 Å². The Hall–Kier alpha value is -4.37. The van der Waals surface area contributed by atoms with E-state index in [0.717, 1.165) is 23.2 Å². The molecule has 2 atom stereocenters. The largest absolute Gasteiger partial charge is 0.493 e. The molecule has 3 aromatic carbocycles. The molecule has 6 rings (SSSR count). The zero-order chi connectivity index (χ0) is 29.1. The van der Waals surface area contributed by atoms with Crippen molar-refractivity contribution in [3.05, 3.63) is 83.4 Å². The lowest BCUT2D eigenvalue weighted by Gasteiger charge is -2.39. The summed E-state index contributed by atoms with van der Waals surface area (Å²) in [4.78, 5) is 42.3. The van der Waals surface area contributed by atoms with Gasteiger partial charge in [-0.1, -0.05) is 18.2 Å². The number of hydrogen-bond acceptors (Lipinski definition) is 6. The Morgan fingerprint density at radius 2 is 1.81 bits per heavy atom. The van der Waals surface area contributed by atoms with Crippen LogP contribution in [-0.4, -0.2) is 61.5 Å². The van der Waals surface area contributed by atoms with Crippen LogP contribution in [0.1, 0.15) is 47.2 Å². The minimum absolute atomic E-state index is 0.101. The zero-order valence-corrected chi connectivity index (χ0v) is 23.7. The number of rotatable bonds is 3.